The fourth-order valence-corrected chi connectivity index (χ4v) is 1.96. The standard InChI is InChI=1S/C12H14N4O.2ClH/c1-3-14-8-12-9(1)5-10(16-12)6-15-17-11-2-4-13-7-11;;/h1,3,5-6,8,11,13,16H,2,4,7H2;2*1H/b15-6+;;. The first-order chi connectivity index (χ1) is 8.42. The van der Waals surface area contributed by atoms with Gasteiger partial charge in [0, 0.05) is 24.5 Å². The number of H-pyrrole nitrogens is 1. The summed E-state index contributed by atoms with van der Waals surface area (Å²) in [6, 6.07) is 3.99. The Morgan fingerprint density at radius 1 is 1.42 bits per heavy atom. The van der Waals surface area contributed by atoms with Crippen molar-refractivity contribution in [3.05, 3.63) is 30.2 Å². The number of halogens is 2. The van der Waals surface area contributed by atoms with Crippen LogP contribution in [0.3, 0.4) is 0 Å². The van der Waals surface area contributed by atoms with Crippen LogP contribution in [-0.4, -0.2) is 35.4 Å². The molecule has 0 aliphatic carbocycles. The number of aromatic nitrogens is 2. The topological polar surface area (TPSA) is 62.3 Å². The molecule has 0 amide bonds. The summed E-state index contributed by atoms with van der Waals surface area (Å²) in [4.78, 5) is 12.6. The summed E-state index contributed by atoms with van der Waals surface area (Å²) in [6.45, 7) is 1.90. The average molecular weight is 303 g/mol. The van der Waals surface area contributed by atoms with E-state index in [9.17, 15) is 0 Å². The van der Waals surface area contributed by atoms with Crippen LogP contribution in [0.4, 0.5) is 0 Å². The molecule has 2 aromatic rings. The average Bonchev–Trinajstić information content (AvgIpc) is 2.96. The summed E-state index contributed by atoms with van der Waals surface area (Å²) < 4.78 is 0. The van der Waals surface area contributed by atoms with E-state index in [1.165, 1.54) is 0 Å². The van der Waals surface area contributed by atoms with Crippen LogP contribution in [-0.2, 0) is 4.84 Å². The third-order valence-corrected chi connectivity index (χ3v) is 2.86. The molecule has 2 N–H and O–H groups in total. The smallest absolute Gasteiger partial charge is 0.141 e. The first-order valence-electron chi connectivity index (χ1n) is 5.74. The second-order valence-corrected chi connectivity index (χ2v) is 4.14. The molecule has 1 unspecified atom stereocenters. The SMILES string of the molecule is C(=N\OC1CCNC1)/c1cc2ccncc2[nH]1.Cl.Cl. The molecule has 19 heavy (non-hydrogen) atoms. The van der Waals surface area contributed by atoms with Gasteiger partial charge in [0.05, 0.1) is 23.6 Å². The van der Waals surface area contributed by atoms with Gasteiger partial charge < -0.3 is 15.1 Å². The Morgan fingerprint density at radius 2 is 2.32 bits per heavy atom. The van der Waals surface area contributed by atoms with Crippen molar-refractivity contribution in [1.82, 2.24) is 15.3 Å². The van der Waals surface area contributed by atoms with Gasteiger partial charge in [-0.05, 0) is 18.7 Å². The summed E-state index contributed by atoms with van der Waals surface area (Å²) >= 11 is 0. The van der Waals surface area contributed by atoms with E-state index in [4.69, 9.17) is 4.84 Å². The lowest BCUT2D eigenvalue weighted by Gasteiger charge is -2.03. The van der Waals surface area contributed by atoms with Gasteiger partial charge in [-0.2, -0.15) is 0 Å². The summed E-state index contributed by atoms with van der Waals surface area (Å²) in [7, 11) is 0. The molecule has 104 valence electrons. The van der Waals surface area contributed by atoms with Crippen LogP contribution < -0.4 is 5.32 Å². The summed E-state index contributed by atoms with van der Waals surface area (Å²) in [6.07, 6.45) is 6.51. The molecule has 3 heterocycles. The van der Waals surface area contributed by atoms with Crippen molar-refractivity contribution in [1.29, 1.82) is 0 Å². The summed E-state index contributed by atoms with van der Waals surface area (Å²) in [5.74, 6) is 0. The normalized spacial score (nSPS) is 18.2. The van der Waals surface area contributed by atoms with E-state index in [-0.39, 0.29) is 30.9 Å². The Morgan fingerprint density at radius 3 is 3.05 bits per heavy atom. The maximum Gasteiger partial charge on any atom is 0.141 e. The minimum Gasteiger partial charge on any atom is -0.391 e. The number of oxime groups is 1. The van der Waals surface area contributed by atoms with E-state index < -0.39 is 0 Å². The van der Waals surface area contributed by atoms with Crippen molar-refractivity contribution < 1.29 is 4.84 Å². The van der Waals surface area contributed by atoms with E-state index in [2.05, 4.69) is 20.4 Å². The predicted octanol–water partition coefficient (Wildman–Crippen LogP) is 2.12. The Bertz CT molecular complexity index is 504. The molecular weight excluding hydrogens is 287 g/mol. The lowest BCUT2D eigenvalue weighted by molar-refractivity contribution is 0.0748. The van der Waals surface area contributed by atoms with E-state index in [1.54, 1.807) is 18.6 Å². The van der Waals surface area contributed by atoms with E-state index in [1.807, 2.05) is 12.1 Å². The molecule has 1 aliphatic heterocycles. The minimum absolute atomic E-state index is 0. The minimum atomic E-state index is 0. The van der Waals surface area contributed by atoms with Gasteiger partial charge in [0.25, 0.3) is 0 Å². The van der Waals surface area contributed by atoms with Crippen LogP contribution in [0, 0.1) is 0 Å². The highest BCUT2D eigenvalue weighted by Crippen LogP contribution is 2.12. The zero-order valence-corrected chi connectivity index (χ0v) is 11.8. The van der Waals surface area contributed by atoms with E-state index >= 15 is 0 Å². The van der Waals surface area contributed by atoms with Crippen molar-refractivity contribution in [3.63, 3.8) is 0 Å². The largest absolute Gasteiger partial charge is 0.391 e. The zero-order valence-electron chi connectivity index (χ0n) is 10.2. The highest BCUT2D eigenvalue weighted by atomic mass is 35.5. The maximum atomic E-state index is 5.37. The molecule has 1 aliphatic rings. The summed E-state index contributed by atoms with van der Waals surface area (Å²) in [5, 5.41) is 8.36. The van der Waals surface area contributed by atoms with Crippen LogP contribution in [0.5, 0.6) is 0 Å². The maximum absolute atomic E-state index is 5.37. The quantitative estimate of drug-likeness (QED) is 0.674. The molecule has 0 bridgehead atoms. The Balaban J connectivity index is 0.000000902. The van der Waals surface area contributed by atoms with Crippen molar-refractivity contribution in [2.24, 2.45) is 5.16 Å². The van der Waals surface area contributed by atoms with Gasteiger partial charge in [-0.1, -0.05) is 5.16 Å². The Hall–Kier alpha value is -1.30. The molecule has 0 radical (unpaired) electrons. The van der Waals surface area contributed by atoms with E-state index in [0.29, 0.717) is 0 Å². The van der Waals surface area contributed by atoms with Gasteiger partial charge in [0.15, 0.2) is 0 Å². The molecule has 0 aromatic carbocycles. The molecule has 1 fully saturated rings. The Labute approximate surface area is 123 Å². The first-order valence-corrected chi connectivity index (χ1v) is 5.74. The van der Waals surface area contributed by atoms with Crippen LogP contribution in [0.1, 0.15) is 12.1 Å². The number of hydrogen-bond donors (Lipinski definition) is 2. The van der Waals surface area contributed by atoms with Crippen molar-refractivity contribution in [2.75, 3.05) is 13.1 Å². The summed E-state index contributed by atoms with van der Waals surface area (Å²) in [5.41, 5.74) is 1.94. The van der Waals surface area contributed by atoms with Gasteiger partial charge in [0.2, 0.25) is 0 Å². The number of aromatic amines is 1. The molecule has 5 nitrogen and oxygen atoms in total. The number of rotatable bonds is 3. The van der Waals surface area contributed by atoms with Crippen LogP contribution in [0.25, 0.3) is 10.9 Å². The molecule has 1 saturated heterocycles. The third-order valence-electron chi connectivity index (χ3n) is 2.86. The molecule has 1 atom stereocenters. The highest BCUT2D eigenvalue weighted by Gasteiger charge is 2.14. The van der Waals surface area contributed by atoms with Crippen molar-refractivity contribution in [3.8, 4) is 0 Å². The van der Waals surface area contributed by atoms with Gasteiger partial charge in [0.1, 0.15) is 6.10 Å². The van der Waals surface area contributed by atoms with Gasteiger partial charge in [-0.3, -0.25) is 4.98 Å². The number of nitrogens with one attached hydrogen (secondary N) is 2. The molecule has 0 spiro atoms. The van der Waals surface area contributed by atoms with Gasteiger partial charge >= 0.3 is 0 Å². The number of fused-ring (bicyclic) bond motifs is 1. The molecule has 0 saturated carbocycles. The second-order valence-electron chi connectivity index (χ2n) is 4.14. The zero-order chi connectivity index (χ0) is 11.5. The first kappa shape index (κ1) is 15.8. The van der Waals surface area contributed by atoms with Crippen LogP contribution in [0.15, 0.2) is 29.7 Å². The lowest BCUT2D eigenvalue weighted by atomic mass is 10.3. The van der Waals surface area contributed by atoms with Gasteiger partial charge in [-0.25, -0.2) is 0 Å². The third kappa shape index (κ3) is 3.83. The molecular formula is C12H16Cl2N4O. The van der Waals surface area contributed by atoms with Crippen LogP contribution in [0.2, 0.25) is 0 Å². The molecule has 7 heteroatoms. The predicted molar refractivity (Wildman–Crippen MR) is 80.5 cm³/mol. The molecule has 2 aromatic heterocycles. The number of hydrogen-bond acceptors (Lipinski definition) is 4. The fraction of sp³-hybridized carbons (Fsp3) is 0.333. The van der Waals surface area contributed by atoms with E-state index in [0.717, 1.165) is 36.1 Å². The monoisotopic (exact) mass is 302 g/mol. The van der Waals surface area contributed by atoms with Crippen molar-refractivity contribution >= 4 is 41.9 Å². The fourth-order valence-electron chi connectivity index (χ4n) is 1.96. The van der Waals surface area contributed by atoms with Crippen molar-refractivity contribution in [2.45, 2.75) is 12.5 Å². The molecule has 3 rings (SSSR count). The number of nitrogens with zero attached hydrogens (tertiary/aromatic N) is 2. The lowest BCUT2D eigenvalue weighted by Crippen LogP contribution is -2.14. The Kier molecular flexibility index (Phi) is 6.08. The second kappa shape index (κ2) is 7.33. The van der Waals surface area contributed by atoms with Gasteiger partial charge in [-0.15, -0.1) is 24.8 Å². The number of pyridine rings is 1. The van der Waals surface area contributed by atoms with Crippen LogP contribution >= 0.6 is 24.8 Å². The highest BCUT2D eigenvalue weighted by molar-refractivity contribution is 5.88.